The van der Waals surface area contributed by atoms with Crippen molar-refractivity contribution in [1.82, 2.24) is 0 Å². The fourth-order valence-corrected chi connectivity index (χ4v) is 1.66. The molecular formula is C15H12F3N. The van der Waals surface area contributed by atoms with E-state index in [9.17, 15) is 13.2 Å². The number of para-hydroxylation sites is 1. The molecule has 0 aromatic heterocycles. The fraction of sp³-hybridized carbons (Fsp3) is 0.133. The maximum Gasteiger partial charge on any atom is 0.416 e. The van der Waals surface area contributed by atoms with Crippen LogP contribution in [0, 0.1) is 6.92 Å². The molecule has 0 saturated carbocycles. The highest BCUT2D eigenvalue weighted by molar-refractivity contribution is 5.83. The lowest BCUT2D eigenvalue weighted by atomic mass is 10.1. The molecule has 0 bridgehead atoms. The Morgan fingerprint density at radius 2 is 1.68 bits per heavy atom. The number of halogens is 3. The molecule has 1 nitrogen and oxygen atoms in total. The van der Waals surface area contributed by atoms with Gasteiger partial charge >= 0.3 is 6.18 Å². The van der Waals surface area contributed by atoms with Crippen molar-refractivity contribution in [3.63, 3.8) is 0 Å². The van der Waals surface area contributed by atoms with Gasteiger partial charge in [-0.15, -0.1) is 0 Å². The molecule has 0 aliphatic heterocycles. The van der Waals surface area contributed by atoms with E-state index in [-0.39, 0.29) is 0 Å². The summed E-state index contributed by atoms with van der Waals surface area (Å²) in [6.07, 6.45) is -2.73. The zero-order valence-electron chi connectivity index (χ0n) is 10.3. The zero-order chi connectivity index (χ0) is 13.9. The monoisotopic (exact) mass is 263 g/mol. The minimum atomic E-state index is -4.31. The first-order valence-corrected chi connectivity index (χ1v) is 5.74. The summed E-state index contributed by atoms with van der Waals surface area (Å²) in [6, 6.07) is 12.9. The molecule has 0 spiro atoms. The molecule has 0 fully saturated rings. The smallest absolute Gasteiger partial charge is 0.256 e. The second-order valence-corrected chi connectivity index (χ2v) is 4.16. The summed E-state index contributed by atoms with van der Waals surface area (Å²) in [7, 11) is 0. The van der Waals surface area contributed by atoms with E-state index in [0.29, 0.717) is 11.1 Å². The van der Waals surface area contributed by atoms with Crippen molar-refractivity contribution in [2.75, 3.05) is 0 Å². The Hall–Kier alpha value is -2.10. The minimum Gasteiger partial charge on any atom is -0.256 e. The Morgan fingerprint density at radius 3 is 2.26 bits per heavy atom. The van der Waals surface area contributed by atoms with E-state index in [0.717, 1.165) is 17.8 Å². The number of rotatable bonds is 2. The Bertz CT molecular complexity index is 586. The molecule has 19 heavy (non-hydrogen) atoms. The predicted octanol–water partition coefficient (Wildman–Crippen LogP) is 4.76. The first kappa shape index (κ1) is 13.3. The highest BCUT2D eigenvalue weighted by atomic mass is 19.4. The van der Waals surface area contributed by atoms with E-state index >= 15 is 0 Å². The second-order valence-electron chi connectivity index (χ2n) is 4.16. The molecule has 4 heteroatoms. The number of hydrogen-bond acceptors (Lipinski definition) is 1. The third kappa shape index (κ3) is 3.44. The molecule has 2 aromatic rings. The van der Waals surface area contributed by atoms with Crippen molar-refractivity contribution in [2.24, 2.45) is 4.99 Å². The fourth-order valence-electron chi connectivity index (χ4n) is 1.66. The number of nitrogens with zero attached hydrogens (tertiary/aromatic N) is 1. The van der Waals surface area contributed by atoms with Gasteiger partial charge in [-0.2, -0.15) is 13.2 Å². The minimum absolute atomic E-state index is 0.550. The van der Waals surface area contributed by atoms with E-state index in [1.165, 1.54) is 6.07 Å². The van der Waals surface area contributed by atoms with Crippen molar-refractivity contribution in [3.8, 4) is 0 Å². The van der Waals surface area contributed by atoms with Gasteiger partial charge in [0.15, 0.2) is 0 Å². The van der Waals surface area contributed by atoms with Gasteiger partial charge in [-0.1, -0.05) is 24.3 Å². The van der Waals surface area contributed by atoms with Gasteiger partial charge in [-0.25, -0.2) is 0 Å². The lowest BCUT2D eigenvalue weighted by molar-refractivity contribution is -0.137. The maximum absolute atomic E-state index is 12.5. The van der Waals surface area contributed by atoms with Gasteiger partial charge in [0.25, 0.3) is 0 Å². The van der Waals surface area contributed by atoms with Crippen LogP contribution in [0.15, 0.2) is 53.5 Å². The molecule has 2 rings (SSSR count). The lowest BCUT2D eigenvalue weighted by Crippen LogP contribution is -2.05. The maximum atomic E-state index is 12.5. The van der Waals surface area contributed by atoms with Gasteiger partial charge in [0.2, 0.25) is 0 Å². The van der Waals surface area contributed by atoms with Crippen molar-refractivity contribution in [2.45, 2.75) is 13.1 Å². The molecular weight excluding hydrogens is 251 g/mol. The Balaban J connectivity index is 2.25. The average Bonchev–Trinajstić information content (AvgIpc) is 2.37. The summed E-state index contributed by atoms with van der Waals surface area (Å²) in [5, 5.41) is 0. The van der Waals surface area contributed by atoms with Crippen molar-refractivity contribution < 1.29 is 13.2 Å². The molecule has 98 valence electrons. The normalized spacial score (nSPS) is 12.0. The molecule has 0 aliphatic carbocycles. The van der Waals surface area contributed by atoms with Gasteiger partial charge in [0.1, 0.15) is 0 Å². The van der Waals surface area contributed by atoms with Crippen molar-refractivity contribution >= 4 is 11.9 Å². The highest BCUT2D eigenvalue weighted by Gasteiger charge is 2.30. The third-order valence-corrected chi connectivity index (χ3v) is 2.71. The molecule has 0 atom stereocenters. The van der Waals surface area contributed by atoms with Crippen LogP contribution >= 0.6 is 0 Å². The average molecular weight is 263 g/mol. The van der Waals surface area contributed by atoms with E-state index < -0.39 is 11.7 Å². The summed E-state index contributed by atoms with van der Waals surface area (Å²) < 4.78 is 37.6. The summed E-state index contributed by atoms with van der Waals surface area (Å²) in [5.74, 6) is 0. The van der Waals surface area contributed by atoms with Gasteiger partial charge < -0.3 is 0 Å². The SMILES string of the molecule is Cc1cc(C(F)(F)F)ccc1/C=N/c1ccccc1. The quantitative estimate of drug-likeness (QED) is 0.692. The van der Waals surface area contributed by atoms with E-state index in [2.05, 4.69) is 4.99 Å². The lowest BCUT2D eigenvalue weighted by Gasteiger charge is -2.08. The van der Waals surface area contributed by atoms with Crippen LogP contribution in [0.3, 0.4) is 0 Å². The first-order valence-electron chi connectivity index (χ1n) is 5.74. The van der Waals surface area contributed by atoms with Crippen molar-refractivity contribution in [3.05, 3.63) is 65.2 Å². The Kier molecular flexibility index (Phi) is 3.69. The zero-order valence-corrected chi connectivity index (χ0v) is 10.3. The van der Waals surface area contributed by atoms with Crippen LogP contribution < -0.4 is 0 Å². The van der Waals surface area contributed by atoms with Gasteiger partial charge in [-0.3, -0.25) is 4.99 Å². The van der Waals surface area contributed by atoms with Gasteiger partial charge in [0, 0.05) is 6.21 Å². The number of benzene rings is 2. The molecule has 0 radical (unpaired) electrons. The Morgan fingerprint density at radius 1 is 1.00 bits per heavy atom. The molecule has 2 aromatic carbocycles. The van der Waals surface area contributed by atoms with Crippen molar-refractivity contribution in [1.29, 1.82) is 0 Å². The van der Waals surface area contributed by atoms with Crippen LogP contribution in [-0.2, 0) is 6.18 Å². The predicted molar refractivity (Wildman–Crippen MR) is 69.9 cm³/mol. The van der Waals surface area contributed by atoms with Crippen LogP contribution in [0.2, 0.25) is 0 Å². The number of alkyl halides is 3. The molecule has 0 unspecified atom stereocenters. The number of aryl methyl sites for hydroxylation is 1. The van der Waals surface area contributed by atoms with E-state index in [4.69, 9.17) is 0 Å². The first-order chi connectivity index (χ1) is 8.97. The third-order valence-electron chi connectivity index (χ3n) is 2.71. The molecule has 0 amide bonds. The molecule has 0 N–H and O–H groups in total. The van der Waals surface area contributed by atoms with Gasteiger partial charge in [0.05, 0.1) is 11.3 Å². The summed E-state index contributed by atoms with van der Waals surface area (Å²) in [5.41, 5.74) is 1.36. The summed E-state index contributed by atoms with van der Waals surface area (Å²) in [4.78, 5) is 4.22. The molecule has 0 aliphatic rings. The molecule has 0 saturated heterocycles. The van der Waals surface area contributed by atoms with Crippen LogP contribution in [0.25, 0.3) is 0 Å². The number of aliphatic imine (C=N–C) groups is 1. The summed E-state index contributed by atoms with van der Waals surface area (Å²) in [6.45, 7) is 1.64. The van der Waals surface area contributed by atoms with Crippen LogP contribution in [0.1, 0.15) is 16.7 Å². The highest BCUT2D eigenvalue weighted by Crippen LogP contribution is 2.30. The van der Waals surface area contributed by atoms with Crippen LogP contribution in [-0.4, -0.2) is 6.21 Å². The Labute approximate surface area is 109 Å². The van der Waals surface area contributed by atoms with Crippen LogP contribution in [0.4, 0.5) is 18.9 Å². The van der Waals surface area contributed by atoms with Crippen LogP contribution in [0.5, 0.6) is 0 Å². The van der Waals surface area contributed by atoms with Gasteiger partial charge in [-0.05, 0) is 42.3 Å². The molecule has 0 heterocycles. The summed E-state index contributed by atoms with van der Waals surface area (Å²) >= 11 is 0. The van der Waals surface area contributed by atoms with E-state index in [1.54, 1.807) is 13.1 Å². The standard InChI is InChI=1S/C15H12F3N/c1-11-9-13(15(16,17)18)8-7-12(11)10-19-14-5-3-2-4-6-14/h2-10H,1H3/b19-10+. The second kappa shape index (κ2) is 5.26. The largest absolute Gasteiger partial charge is 0.416 e. The van der Waals surface area contributed by atoms with E-state index in [1.807, 2.05) is 30.3 Å². The topological polar surface area (TPSA) is 12.4 Å². The number of hydrogen-bond donors (Lipinski definition) is 0.